The molecule has 0 spiro atoms. The molecule has 1 aliphatic heterocycles. The van der Waals surface area contributed by atoms with E-state index in [1.165, 1.54) is 37.9 Å². The number of likely N-dealkylation sites (tertiary alicyclic amines) is 1. The quantitative estimate of drug-likeness (QED) is 0.838. The van der Waals surface area contributed by atoms with Gasteiger partial charge in [0.05, 0.1) is 12.0 Å². The van der Waals surface area contributed by atoms with E-state index in [4.69, 9.17) is 0 Å². The van der Waals surface area contributed by atoms with Gasteiger partial charge in [-0.3, -0.25) is 4.90 Å². The molecule has 1 aromatic rings. The van der Waals surface area contributed by atoms with Gasteiger partial charge in [0.1, 0.15) is 0 Å². The molecule has 2 heterocycles. The van der Waals surface area contributed by atoms with Gasteiger partial charge < -0.3 is 9.88 Å². The Morgan fingerprint density at radius 1 is 1.47 bits per heavy atom. The van der Waals surface area contributed by atoms with E-state index in [0.717, 1.165) is 19.1 Å². The van der Waals surface area contributed by atoms with Crippen molar-refractivity contribution in [2.75, 3.05) is 20.1 Å². The summed E-state index contributed by atoms with van der Waals surface area (Å²) in [5.74, 6) is 0. The molecular formula is C13H24N4. The lowest BCUT2D eigenvalue weighted by atomic mass is 9.99. The third-order valence-corrected chi connectivity index (χ3v) is 3.76. The highest BCUT2D eigenvalue weighted by Crippen LogP contribution is 2.21. The maximum absolute atomic E-state index is 4.20. The van der Waals surface area contributed by atoms with E-state index in [-0.39, 0.29) is 0 Å². The zero-order valence-electron chi connectivity index (χ0n) is 11.0. The maximum atomic E-state index is 4.20. The number of aromatic nitrogens is 2. The summed E-state index contributed by atoms with van der Waals surface area (Å²) in [5, 5.41) is 3.26. The molecule has 4 heteroatoms. The molecule has 0 amide bonds. The zero-order chi connectivity index (χ0) is 12.1. The first-order valence-corrected chi connectivity index (χ1v) is 6.65. The number of nitrogens with zero attached hydrogens (tertiary/aromatic N) is 3. The lowest BCUT2D eigenvalue weighted by Crippen LogP contribution is -2.40. The molecule has 0 aliphatic carbocycles. The van der Waals surface area contributed by atoms with Crippen LogP contribution in [0, 0.1) is 0 Å². The van der Waals surface area contributed by atoms with E-state index in [1.807, 2.05) is 19.6 Å². The van der Waals surface area contributed by atoms with Gasteiger partial charge in [-0.15, -0.1) is 0 Å². The standard InChI is InChI=1S/C13H24N4/c1-14-7-6-12-5-3-4-8-17(12)10-13-9-15-11-16(13)2/h9,11-12,14H,3-8,10H2,1-2H3. The molecule has 2 rings (SSSR count). The first-order chi connectivity index (χ1) is 8.31. The third-order valence-electron chi connectivity index (χ3n) is 3.76. The van der Waals surface area contributed by atoms with Crippen LogP contribution in [0.5, 0.6) is 0 Å². The molecule has 1 saturated heterocycles. The monoisotopic (exact) mass is 236 g/mol. The van der Waals surface area contributed by atoms with Crippen molar-refractivity contribution in [3.8, 4) is 0 Å². The lowest BCUT2D eigenvalue weighted by molar-refractivity contribution is 0.130. The average Bonchev–Trinajstić information content (AvgIpc) is 2.74. The van der Waals surface area contributed by atoms with Gasteiger partial charge in [-0.2, -0.15) is 0 Å². The maximum Gasteiger partial charge on any atom is 0.0945 e. The van der Waals surface area contributed by atoms with Gasteiger partial charge in [-0.25, -0.2) is 4.98 Å². The summed E-state index contributed by atoms with van der Waals surface area (Å²) in [6.07, 6.45) is 9.21. The van der Waals surface area contributed by atoms with Crippen LogP contribution in [-0.2, 0) is 13.6 Å². The lowest BCUT2D eigenvalue weighted by Gasteiger charge is -2.35. The third kappa shape index (κ3) is 3.30. The van der Waals surface area contributed by atoms with Gasteiger partial charge in [0, 0.05) is 25.8 Å². The number of aryl methyl sites for hydroxylation is 1. The van der Waals surface area contributed by atoms with E-state index >= 15 is 0 Å². The number of imidazole rings is 1. The van der Waals surface area contributed by atoms with Crippen molar-refractivity contribution in [3.05, 3.63) is 18.2 Å². The number of hydrogen-bond donors (Lipinski definition) is 1. The van der Waals surface area contributed by atoms with E-state index in [2.05, 4.69) is 26.8 Å². The largest absolute Gasteiger partial charge is 0.337 e. The number of rotatable bonds is 5. The van der Waals surface area contributed by atoms with Crippen LogP contribution in [0.15, 0.2) is 12.5 Å². The molecule has 1 aliphatic rings. The second kappa shape index (κ2) is 6.17. The number of hydrogen-bond acceptors (Lipinski definition) is 3. The van der Waals surface area contributed by atoms with Crippen LogP contribution in [0.25, 0.3) is 0 Å². The molecule has 1 aromatic heterocycles. The molecular weight excluding hydrogens is 212 g/mol. The summed E-state index contributed by atoms with van der Waals surface area (Å²) in [6, 6.07) is 0.742. The van der Waals surface area contributed by atoms with Crippen molar-refractivity contribution in [2.24, 2.45) is 7.05 Å². The van der Waals surface area contributed by atoms with Gasteiger partial charge in [0.2, 0.25) is 0 Å². The fourth-order valence-electron chi connectivity index (χ4n) is 2.65. The Hall–Kier alpha value is -0.870. The summed E-state index contributed by atoms with van der Waals surface area (Å²) in [7, 11) is 4.11. The Morgan fingerprint density at radius 2 is 2.35 bits per heavy atom. The average molecular weight is 236 g/mol. The number of piperidine rings is 1. The molecule has 1 unspecified atom stereocenters. The van der Waals surface area contributed by atoms with E-state index in [0.29, 0.717) is 0 Å². The molecule has 1 atom stereocenters. The Kier molecular flexibility index (Phi) is 4.57. The van der Waals surface area contributed by atoms with Crippen LogP contribution < -0.4 is 5.32 Å². The summed E-state index contributed by atoms with van der Waals surface area (Å²) < 4.78 is 2.13. The fraction of sp³-hybridized carbons (Fsp3) is 0.769. The Morgan fingerprint density at radius 3 is 3.06 bits per heavy atom. The normalized spacial score (nSPS) is 21.9. The molecule has 0 radical (unpaired) electrons. The van der Waals surface area contributed by atoms with Gasteiger partial charge in [0.25, 0.3) is 0 Å². The predicted molar refractivity (Wildman–Crippen MR) is 69.8 cm³/mol. The molecule has 0 bridgehead atoms. The minimum absolute atomic E-state index is 0.742. The van der Waals surface area contributed by atoms with Crippen molar-refractivity contribution in [2.45, 2.75) is 38.3 Å². The summed E-state index contributed by atoms with van der Waals surface area (Å²) in [5.41, 5.74) is 1.32. The van der Waals surface area contributed by atoms with Crippen LogP contribution in [0.2, 0.25) is 0 Å². The van der Waals surface area contributed by atoms with Crippen LogP contribution in [0.4, 0.5) is 0 Å². The second-order valence-electron chi connectivity index (χ2n) is 5.01. The van der Waals surface area contributed by atoms with Crippen LogP contribution in [0.3, 0.4) is 0 Å². The molecule has 0 saturated carbocycles. The molecule has 96 valence electrons. The Balaban J connectivity index is 1.94. The minimum Gasteiger partial charge on any atom is -0.337 e. The van der Waals surface area contributed by atoms with Gasteiger partial charge in [0.15, 0.2) is 0 Å². The van der Waals surface area contributed by atoms with E-state index in [1.54, 1.807) is 0 Å². The zero-order valence-corrected chi connectivity index (χ0v) is 11.0. The van der Waals surface area contributed by atoms with E-state index in [9.17, 15) is 0 Å². The highest BCUT2D eigenvalue weighted by Gasteiger charge is 2.22. The van der Waals surface area contributed by atoms with Crippen molar-refractivity contribution in [1.29, 1.82) is 0 Å². The smallest absolute Gasteiger partial charge is 0.0945 e. The molecule has 1 N–H and O–H groups in total. The fourth-order valence-corrected chi connectivity index (χ4v) is 2.65. The second-order valence-corrected chi connectivity index (χ2v) is 5.01. The van der Waals surface area contributed by atoms with Crippen LogP contribution in [-0.4, -0.2) is 40.6 Å². The first-order valence-electron chi connectivity index (χ1n) is 6.65. The summed E-state index contributed by atoms with van der Waals surface area (Å²) in [4.78, 5) is 6.82. The number of nitrogens with one attached hydrogen (secondary N) is 1. The molecule has 17 heavy (non-hydrogen) atoms. The van der Waals surface area contributed by atoms with Crippen molar-refractivity contribution in [1.82, 2.24) is 19.8 Å². The Labute approximate surface area is 104 Å². The van der Waals surface area contributed by atoms with Crippen LogP contribution in [0.1, 0.15) is 31.4 Å². The molecule has 0 aromatic carbocycles. The Bertz CT molecular complexity index is 334. The van der Waals surface area contributed by atoms with Gasteiger partial charge in [-0.1, -0.05) is 6.42 Å². The predicted octanol–water partition coefficient (Wildman–Crippen LogP) is 1.38. The summed E-state index contributed by atoms with van der Waals surface area (Å²) >= 11 is 0. The molecule has 4 nitrogen and oxygen atoms in total. The van der Waals surface area contributed by atoms with Gasteiger partial charge >= 0.3 is 0 Å². The minimum atomic E-state index is 0.742. The van der Waals surface area contributed by atoms with Crippen molar-refractivity contribution in [3.63, 3.8) is 0 Å². The van der Waals surface area contributed by atoms with Gasteiger partial charge in [-0.05, 0) is 39.4 Å². The van der Waals surface area contributed by atoms with E-state index < -0.39 is 0 Å². The highest BCUT2D eigenvalue weighted by atomic mass is 15.2. The highest BCUT2D eigenvalue weighted by molar-refractivity contribution is 4.98. The van der Waals surface area contributed by atoms with Crippen molar-refractivity contribution < 1.29 is 0 Å². The van der Waals surface area contributed by atoms with Crippen LogP contribution >= 0.6 is 0 Å². The topological polar surface area (TPSA) is 33.1 Å². The first kappa shape index (κ1) is 12.6. The summed E-state index contributed by atoms with van der Waals surface area (Å²) in [6.45, 7) is 3.40. The van der Waals surface area contributed by atoms with Crippen molar-refractivity contribution >= 4 is 0 Å². The molecule has 1 fully saturated rings. The SMILES string of the molecule is CNCCC1CCCCN1Cc1cncn1C.